The summed E-state index contributed by atoms with van der Waals surface area (Å²) in [6.45, 7) is 3.06. The summed E-state index contributed by atoms with van der Waals surface area (Å²) >= 11 is 0. The van der Waals surface area contributed by atoms with Crippen LogP contribution in [0.25, 0.3) is 0 Å². The van der Waals surface area contributed by atoms with E-state index in [0.29, 0.717) is 30.4 Å². The number of carbonyl (C=O) groups excluding carboxylic acids is 3. The normalized spacial score (nSPS) is 20.2. The van der Waals surface area contributed by atoms with Crippen LogP contribution in [0.1, 0.15) is 26.2 Å². The molecule has 2 heterocycles. The number of hydrogen-bond donors (Lipinski definition) is 0. The van der Waals surface area contributed by atoms with Crippen LogP contribution < -0.4 is 14.4 Å². The average molecular weight is 453 g/mol. The number of ether oxygens (including phenoxy) is 3. The Hall–Kier alpha value is -3.39. The number of carbonyl (C=O) groups is 3. The predicted octanol–water partition coefficient (Wildman–Crippen LogP) is 2.80. The molecule has 0 bridgehead atoms. The Kier molecular flexibility index (Phi) is 7.24. The van der Waals surface area contributed by atoms with E-state index in [-0.39, 0.29) is 37.5 Å². The summed E-state index contributed by atoms with van der Waals surface area (Å²) < 4.78 is 16.8. The highest BCUT2D eigenvalue weighted by Gasteiger charge is 2.45. The van der Waals surface area contributed by atoms with Gasteiger partial charge in [-0.1, -0.05) is 18.2 Å². The molecule has 2 aliphatic heterocycles. The molecule has 0 radical (unpaired) electrons. The molecule has 0 aliphatic carbocycles. The first-order chi connectivity index (χ1) is 16.1. The molecule has 2 saturated heterocycles. The van der Waals surface area contributed by atoms with Gasteiger partial charge in [-0.3, -0.25) is 14.4 Å². The summed E-state index contributed by atoms with van der Waals surface area (Å²) in [6.07, 6.45) is 1.48. The molecule has 8 nitrogen and oxygen atoms in total. The second-order valence-electron chi connectivity index (χ2n) is 8.00. The van der Waals surface area contributed by atoms with Crippen LogP contribution >= 0.6 is 0 Å². The highest BCUT2D eigenvalue weighted by atomic mass is 16.5. The number of benzene rings is 2. The molecule has 0 spiro atoms. The Balaban J connectivity index is 1.51. The lowest BCUT2D eigenvalue weighted by Gasteiger charge is -2.29. The van der Waals surface area contributed by atoms with E-state index in [4.69, 9.17) is 14.2 Å². The van der Waals surface area contributed by atoms with Crippen LogP contribution in [0, 0.1) is 0 Å². The SMILES string of the molecule is CCOc1ccc(N2C(=O)CC(N(CC3CCCO3)C(=O)COc3ccccc3)C2=O)cc1. The van der Waals surface area contributed by atoms with Crippen molar-refractivity contribution in [1.82, 2.24) is 4.90 Å². The zero-order valence-electron chi connectivity index (χ0n) is 18.6. The van der Waals surface area contributed by atoms with E-state index in [1.54, 1.807) is 36.4 Å². The molecule has 2 aromatic carbocycles. The van der Waals surface area contributed by atoms with Crippen LogP contribution in [0.2, 0.25) is 0 Å². The standard InChI is InChI=1S/C25H28N2O6/c1-2-31-20-12-10-18(11-13-20)27-23(28)15-22(25(27)30)26(16-21-9-6-14-32-21)24(29)17-33-19-7-4-3-5-8-19/h3-5,7-8,10-13,21-22H,2,6,9,14-17H2,1H3. The van der Waals surface area contributed by atoms with Gasteiger partial charge in [0.15, 0.2) is 6.61 Å². The Morgan fingerprint density at radius 1 is 1.06 bits per heavy atom. The van der Waals surface area contributed by atoms with Gasteiger partial charge in [0.2, 0.25) is 5.91 Å². The molecular formula is C25H28N2O6. The maximum Gasteiger partial charge on any atom is 0.261 e. The van der Waals surface area contributed by atoms with Crippen molar-refractivity contribution in [3.05, 3.63) is 54.6 Å². The minimum atomic E-state index is -0.889. The lowest BCUT2D eigenvalue weighted by Crippen LogP contribution is -2.50. The van der Waals surface area contributed by atoms with Crippen LogP contribution in [-0.4, -0.2) is 61.1 Å². The summed E-state index contributed by atoms with van der Waals surface area (Å²) in [7, 11) is 0. The van der Waals surface area contributed by atoms with Crippen molar-refractivity contribution in [2.75, 3.05) is 31.3 Å². The van der Waals surface area contributed by atoms with Crippen molar-refractivity contribution in [3.8, 4) is 11.5 Å². The molecule has 2 unspecified atom stereocenters. The second kappa shape index (κ2) is 10.5. The quantitative estimate of drug-likeness (QED) is 0.544. The smallest absolute Gasteiger partial charge is 0.261 e. The van der Waals surface area contributed by atoms with E-state index in [9.17, 15) is 14.4 Å². The first-order valence-electron chi connectivity index (χ1n) is 11.3. The molecule has 2 fully saturated rings. The zero-order chi connectivity index (χ0) is 23.2. The van der Waals surface area contributed by atoms with E-state index in [1.165, 1.54) is 4.90 Å². The fourth-order valence-electron chi connectivity index (χ4n) is 4.14. The maximum atomic E-state index is 13.3. The number of anilines is 1. The van der Waals surface area contributed by atoms with E-state index < -0.39 is 11.9 Å². The van der Waals surface area contributed by atoms with Crippen molar-refractivity contribution in [2.24, 2.45) is 0 Å². The van der Waals surface area contributed by atoms with Gasteiger partial charge in [-0.25, -0.2) is 4.90 Å². The third-order valence-electron chi connectivity index (χ3n) is 5.76. The largest absolute Gasteiger partial charge is 0.494 e. The van der Waals surface area contributed by atoms with Gasteiger partial charge in [0.05, 0.1) is 24.8 Å². The lowest BCUT2D eigenvalue weighted by atomic mass is 10.1. The van der Waals surface area contributed by atoms with Crippen molar-refractivity contribution in [2.45, 2.75) is 38.3 Å². The summed E-state index contributed by atoms with van der Waals surface area (Å²) in [4.78, 5) is 41.9. The van der Waals surface area contributed by atoms with Gasteiger partial charge in [0.1, 0.15) is 17.5 Å². The summed E-state index contributed by atoms with van der Waals surface area (Å²) in [5.74, 6) is 0.102. The topological polar surface area (TPSA) is 85.4 Å². The van der Waals surface area contributed by atoms with Crippen LogP contribution in [-0.2, 0) is 19.1 Å². The van der Waals surface area contributed by atoms with Crippen LogP contribution in [0.5, 0.6) is 11.5 Å². The molecule has 174 valence electrons. The molecule has 0 aromatic heterocycles. The van der Waals surface area contributed by atoms with E-state index in [0.717, 1.165) is 17.7 Å². The van der Waals surface area contributed by atoms with Crippen molar-refractivity contribution >= 4 is 23.4 Å². The summed E-state index contributed by atoms with van der Waals surface area (Å²) in [6, 6.07) is 14.9. The number of para-hydroxylation sites is 1. The highest BCUT2D eigenvalue weighted by Crippen LogP contribution is 2.28. The van der Waals surface area contributed by atoms with E-state index in [1.807, 2.05) is 25.1 Å². The predicted molar refractivity (Wildman–Crippen MR) is 121 cm³/mol. The fourth-order valence-corrected chi connectivity index (χ4v) is 4.14. The number of nitrogens with zero attached hydrogens (tertiary/aromatic N) is 2. The molecule has 33 heavy (non-hydrogen) atoms. The Bertz CT molecular complexity index is 972. The molecule has 2 aromatic rings. The number of hydrogen-bond acceptors (Lipinski definition) is 6. The molecule has 3 amide bonds. The molecule has 8 heteroatoms. The van der Waals surface area contributed by atoms with Gasteiger partial charge in [-0.15, -0.1) is 0 Å². The average Bonchev–Trinajstić information content (AvgIpc) is 3.45. The monoisotopic (exact) mass is 452 g/mol. The third kappa shape index (κ3) is 5.34. The van der Waals surface area contributed by atoms with Crippen molar-refractivity contribution < 1.29 is 28.6 Å². The number of rotatable bonds is 9. The van der Waals surface area contributed by atoms with Gasteiger partial charge < -0.3 is 19.1 Å². The molecule has 0 N–H and O–H groups in total. The number of imide groups is 1. The molecular weight excluding hydrogens is 424 g/mol. The summed E-state index contributed by atoms with van der Waals surface area (Å²) in [5, 5.41) is 0. The van der Waals surface area contributed by atoms with E-state index in [2.05, 4.69) is 0 Å². The Labute approximate surface area is 193 Å². The Morgan fingerprint density at radius 2 is 1.79 bits per heavy atom. The maximum absolute atomic E-state index is 13.3. The second-order valence-corrected chi connectivity index (χ2v) is 8.00. The molecule has 2 atom stereocenters. The lowest BCUT2D eigenvalue weighted by molar-refractivity contribution is -0.141. The highest BCUT2D eigenvalue weighted by molar-refractivity contribution is 6.23. The van der Waals surface area contributed by atoms with Gasteiger partial charge in [0, 0.05) is 13.2 Å². The molecule has 0 saturated carbocycles. The van der Waals surface area contributed by atoms with Gasteiger partial charge in [-0.05, 0) is 56.2 Å². The van der Waals surface area contributed by atoms with Crippen molar-refractivity contribution in [1.29, 1.82) is 0 Å². The molecule has 4 rings (SSSR count). The van der Waals surface area contributed by atoms with Crippen LogP contribution in [0.3, 0.4) is 0 Å². The van der Waals surface area contributed by atoms with Gasteiger partial charge in [-0.2, -0.15) is 0 Å². The summed E-state index contributed by atoms with van der Waals surface area (Å²) in [5.41, 5.74) is 0.459. The first kappa shape index (κ1) is 22.8. The minimum absolute atomic E-state index is 0.0736. The van der Waals surface area contributed by atoms with Crippen molar-refractivity contribution in [3.63, 3.8) is 0 Å². The van der Waals surface area contributed by atoms with Crippen LogP contribution in [0.4, 0.5) is 5.69 Å². The zero-order valence-corrected chi connectivity index (χ0v) is 18.6. The third-order valence-corrected chi connectivity index (χ3v) is 5.76. The minimum Gasteiger partial charge on any atom is -0.494 e. The van der Waals surface area contributed by atoms with E-state index >= 15 is 0 Å². The molecule has 2 aliphatic rings. The Morgan fingerprint density at radius 3 is 2.45 bits per heavy atom. The first-order valence-corrected chi connectivity index (χ1v) is 11.3. The van der Waals surface area contributed by atoms with Crippen LogP contribution in [0.15, 0.2) is 54.6 Å². The number of amides is 3. The fraction of sp³-hybridized carbons (Fsp3) is 0.400. The van der Waals surface area contributed by atoms with Gasteiger partial charge in [0.25, 0.3) is 11.8 Å². The van der Waals surface area contributed by atoms with Gasteiger partial charge >= 0.3 is 0 Å².